The highest BCUT2D eigenvalue weighted by Gasteiger charge is 2.28. The summed E-state index contributed by atoms with van der Waals surface area (Å²) in [7, 11) is 0. The molecule has 0 saturated heterocycles. The minimum Gasteiger partial charge on any atom is -0.388 e. The number of hydrogen-bond acceptors (Lipinski definition) is 1. The Labute approximate surface area is 104 Å². The van der Waals surface area contributed by atoms with Gasteiger partial charge in [0.25, 0.3) is 0 Å². The van der Waals surface area contributed by atoms with E-state index in [4.69, 9.17) is 0 Å². The van der Waals surface area contributed by atoms with E-state index >= 15 is 0 Å². The third kappa shape index (κ3) is 3.29. The number of hydrogen-bond donors (Lipinski definition) is 1. The predicted octanol–water partition coefficient (Wildman–Crippen LogP) is 4.10. The van der Waals surface area contributed by atoms with Crippen LogP contribution >= 0.6 is 0 Å². The predicted molar refractivity (Wildman–Crippen MR) is 69.3 cm³/mol. The summed E-state index contributed by atoms with van der Waals surface area (Å²) in [5.74, 6) is 0.413. The highest BCUT2D eigenvalue weighted by atomic mass is 19.1. The molecule has 1 nitrogen and oxygen atoms in total. The van der Waals surface area contributed by atoms with E-state index in [1.165, 1.54) is 6.07 Å². The van der Waals surface area contributed by atoms with E-state index in [1.54, 1.807) is 12.1 Å². The first-order chi connectivity index (χ1) is 7.84. The Hall–Kier alpha value is -0.890. The van der Waals surface area contributed by atoms with E-state index in [0.29, 0.717) is 17.4 Å². The Balaban J connectivity index is 3.09. The largest absolute Gasteiger partial charge is 0.388 e. The topological polar surface area (TPSA) is 20.2 Å². The molecular formula is C15H23FO. The van der Waals surface area contributed by atoms with Crippen LogP contribution in [0.3, 0.4) is 0 Å². The lowest BCUT2D eigenvalue weighted by atomic mass is 9.78. The Morgan fingerprint density at radius 2 is 1.59 bits per heavy atom. The molecule has 0 spiro atoms. The molecule has 0 amide bonds. The lowest BCUT2D eigenvalue weighted by Gasteiger charge is -2.30. The first-order valence-corrected chi connectivity index (χ1v) is 6.28. The van der Waals surface area contributed by atoms with Crippen LogP contribution in [0.25, 0.3) is 0 Å². The molecule has 17 heavy (non-hydrogen) atoms. The average Bonchev–Trinajstić information content (AvgIpc) is 2.20. The molecule has 0 aliphatic heterocycles. The third-order valence-corrected chi connectivity index (χ3v) is 3.37. The molecular weight excluding hydrogens is 215 g/mol. The van der Waals surface area contributed by atoms with Crippen molar-refractivity contribution < 1.29 is 9.50 Å². The van der Waals surface area contributed by atoms with Gasteiger partial charge in [-0.15, -0.1) is 0 Å². The van der Waals surface area contributed by atoms with Gasteiger partial charge >= 0.3 is 0 Å². The van der Waals surface area contributed by atoms with Gasteiger partial charge in [-0.25, -0.2) is 4.39 Å². The summed E-state index contributed by atoms with van der Waals surface area (Å²) in [6.07, 6.45) is -0.727. The number of aryl methyl sites for hydroxylation is 1. The molecule has 0 bridgehead atoms. The van der Waals surface area contributed by atoms with Crippen LogP contribution in [0, 0.1) is 30.5 Å². The van der Waals surface area contributed by atoms with Gasteiger partial charge in [0.2, 0.25) is 0 Å². The van der Waals surface area contributed by atoms with Crippen molar-refractivity contribution in [3.8, 4) is 0 Å². The maximum absolute atomic E-state index is 13.7. The quantitative estimate of drug-likeness (QED) is 0.837. The van der Waals surface area contributed by atoms with Crippen molar-refractivity contribution >= 4 is 0 Å². The smallest absolute Gasteiger partial charge is 0.129 e. The van der Waals surface area contributed by atoms with Crippen LogP contribution < -0.4 is 0 Å². The van der Waals surface area contributed by atoms with Crippen LogP contribution in [0.4, 0.5) is 4.39 Å². The normalized spacial score (nSPS) is 13.8. The van der Waals surface area contributed by atoms with Crippen LogP contribution in [0.2, 0.25) is 0 Å². The SMILES string of the molecule is Cc1ccc(F)c(C(O)C(C(C)C)C(C)C)c1. The van der Waals surface area contributed by atoms with Gasteiger partial charge in [-0.3, -0.25) is 0 Å². The van der Waals surface area contributed by atoms with Gasteiger partial charge in [0, 0.05) is 5.56 Å². The third-order valence-electron chi connectivity index (χ3n) is 3.37. The second kappa shape index (κ2) is 5.63. The van der Waals surface area contributed by atoms with Crippen LogP contribution in [-0.4, -0.2) is 5.11 Å². The Morgan fingerprint density at radius 1 is 1.06 bits per heavy atom. The van der Waals surface area contributed by atoms with Crippen molar-refractivity contribution in [2.75, 3.05) is 0 Å². The van der Waals surface area contributed by atoms with E-state index in [9.17, 15) is 9.50 Å². The van der Waals surface area contributed by atoms with Gasteiger partial charge < -0.3 is 5.11 Å². The molecule has 1 unspecified atom stereocenters. The minimum absolute atomic E-state index is 0.0753. The average molecular weight is 238 g/mol. The summed E-state index contributed by atoms with van der Waals surface area (Å²) < 4.78 is 13.7. The van der Waals surface area contributed by atoms with Crippen molar-refractivity contribution in [3.63, 3.8) is 0 Å². The van der Waals surface area contributed by atoms with E-state index in [1.807, 2.05) is 6.92 Å². The molecule has 0 saturated carbocycles. The Morgan fingerprint density at radius 3 is 2.06 bits per heavy atom. The highest BCUT2D eigenvalue weighted by molar-refractivity contribution is 5.26. The standard InChI is InChI=1S/C15H23FO/c1-9(2)14(10(3)4)15(17)12-8-11(5)6-7-13(12)16/h6-10,14-15,17H,1-5H3. The second-order valence-corrected chi connectivity index (χ2v) is 5.54. The van der Waals surface area contributed by atoms with Gasteiger partial charge in [0.1, 0.15) is 5.82 Å². The maximum atomic E-state index is 13.7. The first kappa shape index (κ1) is 14.2. The molecule has 0 heterocycles. The summed E-state index contributed by atoms with van der Waals surface area (Å²) in [5, 5.41) is 10.4. The summed E-state index contributed by atoms with van der Waals surface area (Å²) in [6, 6.07) is 4.91. The fraction of sp³-hybridized carbons (Fsp3) is 0.600. The zero-order valence-electron chi connectivity index (χ0n) is 11.4. The van der Waals surface area contributed by atoms with E-state index < -0.39 is 6.10 Å². The maximum Gasteiger partial charge on any atom is 0.129 e. The molecule has 1 aromatic carbocycles. The van der Waals surface area contributed by atoms with Crippen molar-refractivity contribution in [3.05, 3.63) is 35.1 Å². The summed E-state index contributed by atoms with van der Waals surface area (Å²) in [4.78, 5) is 0. The molecule has 2 heteroatoms. The zero-order chi connectivity index (χ0) is 13.2. The fourth-order valence-electron chi connectivity index (χ4n) is 2.60. The molecule has 0 aromatic heterocycles. The van der Waals surface area contributed by atoms with Gasteiger partial charge in [0.05, 0.1) is 6.10 Å². The van der Waals surface area contributed by atoms with E-state index in [0.717, 1.165) is 5.56 Å². The van der Waals surface area contributed by atoms with E-state index in [2.05, 4.69) is 27.7 Å². The molecule has 1 rings (SSSR count). The summed E-state index contributed by atoms with van der Waals surface area (Å²) in [5.41, 5.74) is 1.41. The number of aliphatic hydroxyl groups is 1. The molecule has 0 aliphatic carbocycles. The fourth-order valence-corrected chi connectivity index (χ4v) is 2.60. The van der Waals surface area contributed by atoms with Gasteiger partial charge in [-0.1, -0.05) is 45.4 Å². The first-order valence-electron chi connectivity index (χ1n) is 6.28. The van der Waals surface area contributed by atoms with Crippen molar-refractivity contribution in [1.82, 2.24) is 0 Å². The molecule has 1 atom stereocenters. The monoisotopic (exact) mass is 238 g/mol. The van der Waals surface area contributed by atoms with Crippen LogP contribution in [-0.2, 0) is 0 Å². The number of rotatable bonds is 4. The molecule has 0 fully saturated rings. The second-order valence-electron chi connectivity index (χ2n) is 5.54. The summed E-state index contributed by atoms with van der Waals surface area (Å²) >= 11 is 0. The zero-order valence-corrected chi connectivity index (χ0v) is 11.4. The van der Waals surface area contributed by atoms with Crippen molar-refractivity contribution in [2.24, 2.45) is 17.8 Å². The minimum atomic E-state index is -0.727. The van der Waals surface area contributed by atoms with Gasteiger partial charge in [-0.2, -0.15) is 0 Å². The van der Waals surface area contributed by atoms with Crippen LogP contribution in [0.1, 0.15) is 44.9 Å². The molecule has 96 valence electrons. The molecule has 1 aromatic rings. The lowest BCUT2D eigenvalue weighted by molar-refractivity contribution is 0.0497. The van der Waals surface area contributed by atoms with Crippen molar-refractivity contribution in [2.45, 2.75) is 40.7 Å². The van der Waals surface area contributed by atoms with Crippen LogP contribution in [0.15, 0.2) is 18.2 Å². The Bertz CT molecular complexity index is 363. The summed E-state index contributed by atoms with van der Waals surface area (Å²) in [6.45, 7) is 10.2. The van der Waals surface area contributed by atoms with Gasteiger partial charge in [0.15, 0.2) is 0 Å². The Kier molecular flexibility index (Phi) is 4.70. The number of aliphatic hydroxyl groups excluding tert-OH is 1. The molecule has 0 aliphatic rings. The molecule has 0 radical (unpaired) electrons. The lowest BCUT2D eigenvalue weighted by Crippen LogP contribution is -2.24. The van der Waals surface area contributed by atoms with Gasteiger partial charge in [-0.05, 0) is 30.7 Å². The van der Waals surface area contributed by atoms with E-state index in [-0.39, 0.29) is 11.7 Å². The number of halogens is 1. The highest BCUT2D eigenvalue weighted by Crippen LogP contribution is 2.35. The van der Waals surface area contributed by atoms with Crippen LogP contribution in [0.5, 0.6) is 0 Å². The van der Waals surface area contributed by atoms with Crippen molar-refractivity contribution in [1.29, 1.82) is 0 Å². The number of benzene rings is 1. The molecule has 1 N–H and O–H groups in total.